The molecule has 4 heteroatoms. The molecule has 1 aromatic rings. The molecule has 20 heavy (non-hydrogen) atoms. The summed E-state index contributed by atoms with van der Waals surface area (Å²) >= 11 is 0. The third-order valence-electron chi connectivity index (χ3n) is 3.64. The first-order valence-electron chi connectivity index (χ1n) is 6.88. The smallest absolute Gasteiger partial charge is 0.164 e. The highest BCUT2D eigenvalue weighted by molar-refractivity contribution is 5.22. The molecular weight excluding hydrogens is 256 g/mol. The van der Waals surface area contributed by atoms with Gasteiger partial charge in [0.05, 0.1) is 13.2 Å². The average molecular weight is 276 g/mol. The van der Waals surface area contributed by atoms with Crippen LogP contribution in [0.25, 0.3) is 0 Å². The third-order valence-corrected chi connectivity index (χ3v) is 3.64. The summed E-state index contributed by atoms with van der Waals surface area (Å²) in [5.74, 6) is -0.659. The minimum atomic E-state index is -1.12. The van der Waals surface area contributed by atoms with Crippen molar-refractivity contribution in [3.63, 3.8) is 0 Å². The Balaban J connectivity index is 1.59. The van der Waals surface area contributed by atoms with Crippen molar-refractivity contribution in [1.29, 1.82) is 0 Å². The predicted octanol–water partition coefficient (Wildman–Crippen LogP) is 2.02. The zero-order chi connectivity index (χ0) is 14.2. The molecule has 0 aromatic heterocycles. The minimum Gasteiger partial charge on any atom is -0.380 e. The van der Waals surface area contributed by atoms with Crippen LogP contribution in [-0.2, 0) is 20.8 Å². The molecule has 0 unspecified atom stereocenters. The maximum atomic E-state index is 10.7. The number of hydrogen-bond acceptors (Lipinski definition) is 4. The molecule has 108 valence electrons. The summed E-state index contributed by atoms with van der Waals surface area (Å²) in [6.07, 6.45) is 2.98. The van der Waals surface area contributed by atoms with Gasteiger partial charge in [-0.05, 0) is 25.5 Å². The van der Waals surface area contributed by atoms with E-state index in [1.165, 1.54) is 0 Å². The van der Waals surface area contributed by atoms with Gasteiger partial charge in [0.25, 0.3) is 0 Å². The zero-order valence-electron chi connectivity index (χ0n) is 11.8. The van der Waals surface area contributed by atoms with E-state index < -0.39 is 17.5 Å². The molecule has 1 heterocycles. The van der Waals surface area contributed by atoms with E-state index in [-0.39, 0.29) is 12.7 Å². The van der Waals surface area contributed by atoms with Gasteiger partial charge in [0.2, 0.25) is 0 Å². The fourth-order valence-electron chi connectivity index (χ4n) is 2.71. The van der Waals surface area contributed by atoms with Gasteiger partial charge in [-0.25, -0.2) is 0 Å². The molecule has 4 nitrogen and oxygen atoms in total. The van der Waals surface area contributed by atoms with Gasteiger partial charge >= 0.3 is 0 Å². The van der Waals surface area contributed by atoms with Crippen LogP contribution in [0.15, 0.2) is 42.5 Å². The largest absolute Gasteiger partial charge is 0.380 e. The molecule has 0 bridgehead atoms. The van der Waals surface area contributed by atoms with E-state index in [4.69, 9.17) is 14.2 Å². The van der Waals surface area contributed by atoms with Gasteiger partial charge in [0.1, 0.15) is 17.8 Å². The molecule has 1 fully saturated rings. The van der Waals surface area contributed by atoms with E-state index in [0.29, 0.717) is 6.61 Å². The van der Waals surface area contributed by atoms with Crippen LogP contribution in [0.1, 0.15) is 19.4 Å². The molecule has 3 atom stereocenters. The number of aliphatic hydroxyl groups is 1. The van der Waals surface area contributed by atoms with Crippen molar-refractivity contribution in [3.05, 3.63) is 48.0 Å². The molecule has 2 aliphatic rings. The first-order chi connectivity index (χ1) is 9.49. The van der Waals surface area contributed by atoms with E-state index in [2.05, 4.69) is 0 Å². The predicted molar refractivity (Wildman–Crippen MR) is 74.0 cm³/mol. The van der Waals surface area contributed by atoms with E-state index in [0.717, 1.165) is 5.56 Å². The van der Waals surface area contributed by atoms with Gasteiger partial charge in [-0.2, -0.15) is 0 Å². The molecule has 3 rings (SSSR count). The number of benzene rings is 1. The quantitative estimate of drug-likeness (QED) is 0.855. The second kappa shape index (κ2) is 4.97. The van der Waals surface area contributed by atoms with Crippen molar-refractivity contribution in [2.75, 3.05) is 6.61 Å². The Labute approximate surface area is 119 Å². The van der Waals surface area contributed by atoms with Crippen molar-refractivity contribution in [3.8, 4) is 0 Å². The van der Waals surface area contributed by atoms with Gasteiger partial charge in [0, 0.05) is 0 Å². The van der Waals surface area contributed by atoms with Gasteiger partial charge in [-0.15, -0.1) is 0 Å². The van der Waals surface area contributed by atoms with Crippen LogP contribution in [0.3, 0.4) is 0 Å². The number of ether oxygens (including phenoxy) is 3. The van der Waals surface area contributed by atoms with E-state index in [9.17, 15) is 5.11 Å². The lowest BCUT2D eigenvalue weighted by Crippen LogP contribution is -2.46. The standard InChI is InChI=1S/C16H20O4/c1-15(2)19-13-8-9-16(17,14(13)20-15)11-18-10-12-6-4-3-5-7-12/h3-9,13-14,17H,10-11H2,1-2H3/t13-,14-,16-/m1/s1. The van der Waals surface area contributed by atoms with Crippen LogP contribution in [0.5, 0.6) is 0 Å². The molecule has 1 aliphatic carbocycles. The second-order valence-electron chi connectivity index (χ2n) is 5.85. The van der Waals surface area contributed by atoms with Crippen molar-refractivity contribution < 1.29 is 19.3 Å². The lowest BCUT2D eigenvalue weighted by Gasteiger charge is -2.28. The third kappa shape index (κ3) is 2.65. The highest BCUT2D eigenvalue weighted by Crippen LogP contribution is 2.39. The first-order valence-corrected chi connectivity index (χ1v) is 6.88. The molecule has 0 amide bonds. The fourth-order valence-corrected chi connectivity index (χ4v) is 2.71. The van der Waals surface area contributed by atoms with E-state index in [1.807, 2.05) is 50.3 Å². The molecule has 1 N–H and O–H groups in total. The monoisotopic (exact) mass is 276 g/mol. The number of hydrogen-bond donors (Lipinski definition) is 1. The molecule has 0 radical (unpaired) electrons. The lowest BCUT2D eigenvalue weighted by atomic mass is 10.0. The first kappa shape index (κ1) is 13.8. The van der Waals surface area contributed by atoms with Gasteiger partial charge in [0.15, 0.2) is 5.79 Å². The van der Waals surface area contributed by atoms with Crippen molar-refractivity contribution in [1.82, 2.24) is 0 Å². The summed E-state index contributed by atoms with van der Waals surface area (Å²) in [6.45, 7) is 4.37. The van der Waals surface area contributed by atoms with Gasteiger partial charge < -0.3 is 19.3 Å². The zero-order valence-corrected chi connectivity index (χ0v) is 11.8. The van der Waals surface area contributed by atoms with Crippen LogP contribution in [0, 0.1) is 0 Å². The SMILES string of the molecule is CC1(C)O[C@@H]2[C@@H](C=C[C@@]2(O)COCc2ccccc2)O1. The Hall–Kier alpha value is -1.20. The van der Waals surface area contributed by atoms with E-state index in [1.54, 1.807) is 6.08 Å². The lowest BCUT2D eigenvalue weighted by molar-refractivity contribution is -0.172. The van der Waals surface area contributed by atoms with Crippen LogP contribution in [0.4, 0.5) is 0 Å². The van der Waals surface area contributed by atoms with Crippen LogP contribution < -0.4 is 0 Å². The Morgan fingerprint density at radius 3 is 2.70 bits per heavy atom. The Morgan fingerprint density at radius 2 is 1.95 bits per heavy atom. The van der Waals surface area contributed by atoms with Crippen LogP contribution in [-0.4, -0.2) is 35.3 Å². The van der Waals surface area contributed by atoms with Crippen LogP contribution in [0.2, 0.25) is 0 Å². The molecule has 1 saturated heterocycles. The van der Waals surface area contributed by atoms with Crippen LogP contribution >= 0.6 is 0 Å². The Morgan fingerprint density at radius 1 is 1.20 bits per heavy atom. The minimum absolute atomic E-state index is 0.193. The highest BCUT2D eigenvalue weighted by Gasteiger charge is 2.53. The molecule has 1 aromatic carbocycles. The summed E-state index contributed by atoms with van der Waals surface area (Å²) < 4.78 is 17.1. The topological polar surface area (TPSA) is 47.9 Å². The fraction of sp³-hybridized carbons (Fsp3) is 0.500. The maximum Gasteiger partial charge on any atom is 0.164 e. The maximum absolute atomic E-state index is 10.7. The van der Waals surface area contributed by atoms with Crippen molar-refractivity contribution in [2.24, 2.45) is 0 Å². The van der Waals surface area contributed by atoms with Gasteiger partial charge in [-0.3, -0.25) is 0 Å². The van der Waals surface area contributed by atoms with E-state index >= 15 is 0 Å². The second-order valence-corrected chi connectivity index (χ2v) is 5.85. The summed E-state index contributed by atoms with van der Waals surface area (Å²) in [5.41, 5.74) is -0.0359. The van der Waals surface area contributed by atoms with Crippen molar-refractivity contribution in [2.45, 2.75) is 44.1 Å². The summed E-state index contributed by atoms with van der Waals surface area (Å²) in [6, 6.07) is 9.89. The summed E-state index contributed by atoms with van der Waals surface area (Å²) in [4.78, 5) is 0. The number of fused-ring (bicyclic) bond motifs is 1. The average Bonchev–Trinajstić information content (AvgIpc) is 2.87. The molecular formula is C16H20O4. The summed E-state index contributed by atoms with van der Waals surface area (Å²) in [5, 5.41) is 10.7. The normalized spacial score (nSPS) is 34.4. The molecule has 1 aliphatic heterocycles. The Bertz CT molecular complexity index is 496. The van der Waals surface area contributed by atoms with Gasteiger partial charge in [-0.1, -0.05) is 36.4 Å². The Kier molecular flexibility index (Phi) is 3.42. The molecule has 0 spiro atoms. The summed E-state index contributed by atoms with van der Waals surface area (Å²) in [7, 11) is 0. The van der Waals surface area contributed by atoms with Crippen molar-refractivity contribution >= 4 is 0 Å². The number of rotatable bonds is 4. The highest BCUT2D eigenvalue weighted by atomic mass is 16.8. The molecule has 0 saturated carbocycles.